The Morgan fingerprint density at radius 3 is 2.67 bits per heavy atom. The highest BCUT2D eigenvalue weighted by atomic mass is 35.5. The molecule has 0 aliphatic carbocycles. The van der Waals surface area contributed by atoms with E-state index in [9.17, 15) is 0 Å². The summed E-state index contributed by atoms with van der Waals surface area (Å²) in [6.07, 6.45) is 2.15. The van der Waals surface area contributed by atoms with Crippen LogP contribution in [0.2, 0.25) is 10.0 Å². The van der Waals surface area contributed by atoms with Crippen molar-refractivity contribution in [1.82, 2.24) is 4.98 Å². The molecule has 1 aromatic carbocycles. The van der Waals surface area contributed by atoms with E-state index in [0.29, 0.717) is 16.5 Å². The van der Waals surface area contributed by atoms with Crippen molar-refractivity contribution in [2.24, 2.45) is 0 Å². The number of hydrogen-bond acceptors (Lipinski definition) is 3. The molecule has 1 heterocycles. The topological polar surface area (TPSA) is 52.0 Å². The Balaban J connectivity index is 2.21. The Labute approximate surface area is 96.8 Å². The lowest BCUT2D eigenvalue weighted by Crippen LogP contribution is -1.90. The van der Waals surface area contributed by atoms with Gasteiger partial charge in [0.15, 0.2) is 0 Å². The minimum Gasteiger partial charge on any atom is -0.432 e. The van der Waals surface area contributed by atoms with Gasteiger partial charge in [0.05, 0.1) is 15.7 Å². The zero-order chi connectivity index (χ0) is 10.8. The van der Waals surface area contributed by atoms with Crippen molar-refractivity contribution >= 4 is 29.2 Å². The lowest BCUT2D eigenvalue weighted by Gasteiger charge is -2.00. The second-order valence-corrected chi connectivity index (χ2v) is 3.92. The summed E-state index contributed by atoms with van der Waals surface area (Å²) < 4.78 is 4.90. The fourth-order valence-corrected chi connectivity index (χ4v) is 1.58. The van der Waals surface area contributed by atoms with Crippen molar-refractivity contribution < 1.29 is 4.42 Å². The molecule has 0 atom stereocenters. The van der Waals surface area contributed by atoms with Crippen LogP contribution in [0, 0.1) is 0 Å². The van der Waals surface area contributed by atoms with Crippen LogP contribution in [0.25, 0.3) is 0 Å². The van der Waals surface area contributed by atoms with Crippen LogP contribution in [0.1, 0.15) is 11.3 Å². The van der Waals surface area contributed by atoms with Crippen LogP contribution < -0.4 is 5.73 Å². The van der Waals surface area contributed by atoms with E-state index in [-0.39, 0.29) is 6.01 Å². The molecule has 1 aromatic heterocycles. The third-order valence-electron chi connectivity index (χ3n) is 1.94. The first-order chi connectivity index (χ1) is 7.15. The quantitative estimate of drug-likeness (QED) is 0.881. The maximum atomic E-state index is 5.88. The van der Waals surface area contributed by atoms with Gasteiger partial charge in [-0.05, 0) is 17.7 Å². The predicted octanol–water partition coefficient (Wildman–Crippen LogP) is 3.15. The maximum Gasteiger partial charge on any atom is 0.292 e. The van der Waals surface area contributed by atoms with Gasteiger partial charge in [-0.2, -0.15) is 4.98 Å². The average molecular weight is 243 g/mol. The fraction of sp³-hybridized carbons (Fsp3) is 0.100. The van der Waals surface area contributed by atoms with E-state index >= 15 is 0 Å². The van der Waals surface area contributed by atoms with E-state index in [1.807, 2.05) is 6.07 Å². The van der Waals surface area contributed by atoms with E-state index in [1.165, 1.54) is 6.26 Å². The van der Waals surface area contributed by atoms with E-state index in [1.54, 1.807) is 12.1 Å². The summed E-state index contributed by atoms with van der Waals surface area (Å²) >= 11 is 11.7. The Morgan fingerprint density at radius 2 is 2.07 bits per heavy atom. The number of anilines is 1. The molecule has 0 bridgehead atoms. The second-order valence-electron chi connectivity index (χ2n) is 3.10. The Kier molecular flexibility index (Phi) is 2.84. The van der Waals surface area contributed by atoms with Gasteiger partial charge in [0.1, 0.15) is 6.26 Å². The van der Waals surface area contributed by atoms with Crippen LogP contribution >= 0.6 is 23.2 Å². The monoisotopic (exact) mass is 242 g/mol. The number of nitrogens with two attached hydrogens (primary N) is 1. The van der Waals surface area contributed by atoms with Gasteiger partial charge in [-0.1, -0.05) is 29.3 Å². The fourth-order valence-electron chi connectivity index (χ4n) is 1.26. The molecule has 3 nitrogen and oxygen atoms in total. The molecule has 78 valence electrons. The summed E-state index contributed by atoms with van der Waals surface area (Å²) in [4.78, 5) is 3.99. The van der Waals surface area contributed by atoms with Crippen molar-refractivity contribution in [3.63, 3.8) is 0 Å². The summed E-state index contributed by atoms with van der Waals surface area (Å²) in [6, 6.07) is 5.61. The highest BCUT2D eigenvalue weighted by Gasteiger charge is 2.04. The predicted molar refractivity (Wildman–Crippen MR) is 60.2 cm³/mol. The van der Waals surface area contributed by atoms with E-state index in [4.69, 9.17) is 33.4 Å². The Bertz CT molecular complexity index is 482. The van der Waals surface area contributed by atoms with Crippen LogP contribution in [0.5, 0.6) is 0 Å². The number of rotatable bonds is 2. The van der Waals surface area contributed by atoms with Crippen LogP contribution in [0.4, 0.5) is 6.01 Å². The smallest absolute Gasteiger partial charge is 0.292 e. The third kappa shape index (κ3) is 2.43. The zero-order valence-electron chi connectivity index (χ0n) is 7.71. The molecule has 0 saturated carbocycles. The SMILES string of the molecule is Nc1nc(Cc2ccc(Cl)c(Cl)c2)co1. The summed E-state index contributed by atoms with van der Waals surface area (Å²) in [6.45, 7) is 0. The van der Waals surface area contributed by atoms with Crippen LogP contribution in [0.15, 0.2) is 28.9 Å². The number of benzene rings is 1. The van der Waals surface area contributed by atoms with Gasteiger partial charge >= 0.3 is 0 Å². The normalized spacial score (nSPS) is 10.5. The van der Waals surface area contributed by atoms with Gasteiger partial charge in [-0.15, -0.1) is 0 Å². The third-order valence-corrected chi connectivity index (χ3v) is 2.68. The second kappa shape index (κ2) is 4.13. The van der Waals surface area contributed by atoms with Gasteiger partial charge in [0.25, 0.3) is 6.01 Å². The Morgan fingerprint density at radius 1 is 1.27 bits per heavy atom. The molecule has 0 aliphatic heterocycles. The van der Waals surface area contributed by atoms with Crippen LogP contribution in [-0.4, -0.2) is 4.98 Å². The van der Waals surface area contributed by atoms with Crippen molar-refractivity contribution in [3.8, 4) is 0 Å². The van der Waals surface area contributed by atoms with Gasteiger partial charge in [-0.3, -0.25) is 0 Å². The van der Waals surface area contributed by atoms with Gasteiger partial charge < -0.3 is 10.2 Å². The van der Waals surface area contributed by atoms with Crippen molar-refractivity contribution in [1.29, 1.82) is 0 Å². The molecular weight excluding hydrogens is 235 g/mol. The molecule has 0 unspecified atom stereocenters. The van der Waals surface area contributed by atoms with E-state index < -0.39 is 0 Å². The van der Waals surface area contributed by atoms with E-state index in [0.717, 1.165) is 11.3 Å². The highest BCUT2D eigenvalue weighted by molar-refractivity contribution is 6.42. The standard InChI is InChI=1S/C10H8Cl2N2O/c11-8-2-1-6(4-9(8)12)3-7-5-15-10(13)14-7/h1-2,4-5H,3H2,(H2,13,14). The van der Waals surface area contributed by atoms with Crippen molar-refractivity contribution in [2.75, 3.05) is 5.73 Å². The number of nitrogens with zero attached hydrogens (tertiary/aromatic N) is 1. The first-order valence-electron chi connectivity index (χ1n) is 4.29. The van der Waals surface area contributed by atoms with Crippen LogP contribution in [-0.2, 0) is 6.42 Å². The van der Waals surface area contributed by atoms with Crippen molar-refractivity contribution in [3.05, 3.63) is 45.8 Å². The molecule has 2 N–H and O–H groups in total. The average Bonchev–Trinajstić information content (AvgIpc) is 2.58. The number of hydrogen-bond donors (Lipinski definition) is 1. The molecule has 0 amide bonds. The van der Waals surface area contributed by atoms with E-state index in [2.05, 4.69) is 4.98 Å². The van der Waals surface area contributed by atoms with Gasteiger partial charge in [-0.25, -0.2) is 0 Å². The first kappa shape index (κ1) is 10.3. The number of halogens is 2. The molecule has 0 aliphatic rings. The lowest BCUT2D eigenvalue weighted by molar-refractivity contribution is 0.579. The number of oxazole rings is 1. The zero-order valence-corrected chi connectivity index (χ0v) is 9.22. The molecule has 0 radical (unpaired) electrons. The number of nitrogen functional groups attached to an aromatic ring is 1. The number of aromatic nitrogens is 1. The minimum absolute atomic E-state index is 0.171. The largest absolute Gasteiger partial charge is 0.432 e. The summed E-state index contributed by atoms with van der Waals surface area (Å²) in [5.74, 6) is 0. The molecule has 0 spiro atoms. The summed E-state index contributed by atoms with van der Waals surface area (Å²) in [5, 5.41) is 1.07. The molecule has 2 aromatic rings. The minimum atomic E-state index is 0.171. The first-order valence-corrected chi connectivity index (χ1v) is 5.04. The van der Waals surface area contributed by atoms with Crippen LogP contribution in [0.3, 0.4) is 0 Å². The molecule has 2 rings (SSSR count). The summed E-state index contributed by atoms with van der Waals surface area (Å²) in [7, 11) is 0. The molecule has 0 fully saturated rings. The molecular formula is C10H8Cl2N2O. The van der Waals surface area contributed by atoms with Gasteiger partial charge in [0.2, 0.25) is 0 Å². The molecule has 0 saturated heterocycles. The maximum absolute atomic E-state index is 5.88. The van der Waals surface area contributed by atoms with Gasteiger partial charge in [0, 0.05) is 6.42 Å². The molecule has 15 heavy (non-hydrogen) atoms. The lowest BCUT2D eigenvalue weighted by atomic mass is 10.1. The Hall–Kier alpha value is -1.19. The highest BCUT2D eigenvalue weighted by Crippen LogP contribution is 2.23. The summed E-state index contributed by atoms with van der Waals surface area (Å²) in [5.41, 5.74) is 7.14. The molecule has 5 heteroatoms. The van der Waals surface area contributed by atoms with Crippen molar-refractivity contribution in [2.45, 2.75) is 6.42 Å².